The van der Waals surface area contributed by atoms with E-state index >= 15 is 0 Å². The van der Waals surface area contributed by atoms with Crippen LogP contribution >= 0.6 is 11.8 Å². The van der Waals surface area contributed by atoms with Gasteiger partial charge in [0.2, 0.25) is 5.91 Å². The third-order valence-corrected chi connectivity index (χ3v) is 6.12. The fourth-order valence-corrected chi connectivity index (χ4v) is 3.99. The summed E-state index contributed by atoms with van der Waals surface area (Å²) in [5.41, 5.74) is 5.33. The van der Waals surface area contributed by atoms with Crippen molar-refractivity contribution in [2.45, 2.75) is 32.5 Å². The van der Waals surface area contributed by atoms with E-state index < -0.39 is 0 Å². The van der Waals surface area contributed by atoms with Crippen molar-refractivity contribution in [1.82, 2.24) is 19.5 Å². The van der Waals surface area contributed by atoms with E-state index in [2.05, 4.69) is 20.3 Å². The van der Waals surface area contributed by atoms with Gasteiger partial charge in [0, 0.05) is 18.1 Å². The van der Waals surface area contributed by atoms with Crippen molar-refractivity contribution in [3.8, 4) is 0 Å². The molecule has 0 atom stereocenters. The highest BCUT2D eigenvalue weighted by atomic mass is 32.2. The summed E-state index contributed by atoms with van der Waals surface area (Å²) in [6.07, 6.45) is 2.98. The van der Waals surface area contributed by atoms with Gasteiger partial charge in [-0.15, -0.1) is 0 Å². The van der Waals surface area contributed by atoms with Crippen LogP contribution in [0.4, 0.5) is 5.69 Å². The molecule has 8 heteroatoms. The van der Waals surface area contributed by atoms with Gasteiger partial charge in [-0.1, -0.05) is 47.7 Å². The standard InChI is InChI=1S/C24H23N5O2S/c1-15-4-7-18(8-5-15)13-29-23(31)21-22(26-11-10-25-21)28-24(29)32-14-20(30)27-19-9-6-16(2)17(3)12-19/h4-12H,13-14H2,1-3H3,(H,27,30). The minimum atomic E-state index is -0.277. The first-order chi connectivity index (χ1) is 15.4. The van der Waals surface area contributed by atoms with Crippen molar-refractivity contribution in [2.75, 3.05) is 11.1 Å². The summed E-state index contributed by atoms with van der Waals surface area (Å²) in [5, 5.41) is 3.33. The van der Waals surface area contributed by atoms with Gasteiger partial charge in [0.1, 0.15) is 0 Å². The second-order valence-electron chi connectivity index (χ2n) is 7.64. The monoisotopic (exact) mass is 445 g/mol. The first kappa shape index (κ1) is 21.7. The average Bonchev–Trinajstić information content (AvgIpc) is 2.78. The lowest BCUT2D eigenvalue weighted by Gasteiger charge is -2.13. The molecule has 1 amide bonds. The Labute approximate surface area is 190 Å². The normalized spacial score (nSPS) is 11.0. The van der Waals surface area contributed by atoms with Crippen molar-refractivity contribution in [3.05, 3.63) is 87.5 Å². The summed E-state index contributed by atoms with van der Waals surface area (Å²) in [4.78, 5) is 38.6. The van der Waals surface area contributed by atoms with Crippen LogP contribution in [0.25, 0.3) is 11.2 Å². The molecule has 2 heterocycles. The van der Waals surface area contributed by atoms with E-state index in [1.165, 1.54) is 29.7 Å². The summed E-state index contributed by atoms with van der Waals surface area (Å²) < 4.78 is 1.55. The number of aromatic nitrogens is 4. The van der Waals surface area contributed by atoms with E-state index in [-0.39, 0.29) is 28.4 Å². The number of nitrogens with one attached hydrogen (secondary N) is 1. The minimum Gasteiger partial charge on any atom is -0.325 e. The maximum absolute atomic E-state index is 13.1. The van der Waals surface area contributed by atoms with Crippen LogP contribution in [0.2, 0.25) is 0 Å². The predicted molar refractivity (Wildman–Crippen MR) is 127 cm³/mol. The third kappa shape index (κ3) is 4.86. The number of amides is 1. The zero-order chi connectivity index (χ0) is 22.7. The lowest BCUT2D eigenvalue weighted by Crippen LogP contribution is -2.25. The molecule has 0 aliphatic carbocycles. The molecule has 0 bridgehead atoms. The number of benzene rings is 2. The molecule has 0 saturated carbocycles. The van der Waals surface area contributed by atoms with Crippen molar-refractivity contribution >= 4 is 34.5 Å². The van der Waals surface area contributed by atoms with Crippen molar-refractivity contribution in [2.24, 2.45) is 0 Å². The molecule has 0 radical (unpaired) electrons. The van der Waals surface area contributed by atoms with Crippen molar-refractivity contribution in [1.29, 1.82) is 0 Å². The Balaban J connectivity index is 1.60. The molecule has 2 aromatic carbocycles. The van der Waals surface area contributed by atoms with E-state index in [1.807, 2.05) is 63.2 Å². The van der Waals surface area contributed by atoms with Crippen LogP contribution in [0.1, 0.15) is 22.3 Å². The number of fused-ring (bicyclic) bond motifs is 1. The minimum absolute atomic E-state index is 0.110. The number of aryl methyl sites for hydroxylation is 3. The lowest BCUT2D eigenvalue weighted by atomic mass is 10.1. The Morgan fingerprint density at radius 1 is 1.00 bits per heavy atom. The van der Waals surface area contributed by atoms with Crippen molar-refractivity contribution < 1.29 is 4.79 Å². The molecule has 4 rings (SSSR count). The first-order valence-corrected chi connectivity index (χ1v) is 11.2. The molecule has 2 aromatic heterocycles. The van der Waals surface area contributed by atoms with Gasteiger partial charge in [-0.05, 0) is 49.6 Å². The van der Waals surface area contributed by atoms with Crippen molar-refractivity contribution in [3.63, 3.8) is 0 Å². The number of carbonyl (C=O) groups is 1. The predicted octanol–water partition coefficient (Wildman–Crippen LogP) is 3.89. The number of carbonyl (C=O) groups excluding carboxylic acids is 1. The summed E-state index contributed by atoms with van der Waals surface area (Å²) in [5.74, 6) is -0.0624. The van der Waals surface area contributed by atoms with E-state index in [0.29, 0.717) is 11.7 Å². The SMILES string of the molecule is Cc1ccc(Cn2c(SCC(=O)Nc3ccc(C)c(C)c3)nc3nccnc3c2=O)cc1. The Hall–Kier alpha value is -3.52. The molecule has 0 unspecified atom stereocenters. The molecule has 162 valence electrons. The van der Waals surface area contributed by atoms with Crippen LogP contribution in [0, 0.1) is 20.8 Å². The average molecular weight is 446 g/mol. The van der Waals surface area contributed by atoms with Gasteiger partial charge < -0.3 is 5.32 Å². The number of hydrogen-bond acceptors (Lipinski definition) is 6. The van der Waals surface area contributed by atoms with Crippen LogP contribution < -0.4 is 10.9 Å². The molecular formula is C24H23N5O2S. The highest BCUT2D eigenvalue weighted by Crippen LogP contribution is 2.19. The molecule has 7 nitrogen and oxygen atoms in total. The smallest absolute Gasteiger partial charge is 0.282 e. The van der Waals surface area contributed by atoms with Gasteiger partial charge in [-0.3, -0.25) is 14.2 Å². The van der Waals surface area contributed by atoms with E-state index in [4.69, 9.17) is 0 Å². The number of nitrogens with zero attached hydrogens (tertiary/aromatic N) is 4. The number of hydrogen-bond donors (Lipinski definition) is 1. The molecule has 32 heavy (non-hydrogen) atoms. The summed E-state index contributed by atoms with van der Waals surface area (Å²) in [6, 6.07) is 13.7. The van der Waals surface area contributed by atoms with Crippen LogP contribution in [-0.4, -0.2) is 31.2 Å². The molecule has 0 fully saturated rings. The Bertz CT molecular complexity index is 1350. The third-order valence-electron chi connectivity index (χ3n) is 5.14. The molecule has 1 N–H and O–H groups in total. The van der Waals surface area contributed by atoms with Gasteiger partial charge in [-0.2, -0.15) is 0 Å². The number of anilines is 1. The quantitative estimate of drug-likeness (QED) is 0.358. The Morgan fingerprint density at radius 2 is 1.75 bits per heavy atom. The molecule has 0 aliphatic rings. The second kappa shape index (κ2) is 9.32. The maximum Gasteiger partial charge on any atom is 0.282 e. The fourth-order valence-electron chi connectivity index (χ4n) is 3.20. The highest BCUT2D eigenvalue weighted by Gasteiger charge is 2.15. The maximum atomic E-state index is 13.1. The Morgan fingerprint density at radius 3 is 2.50 bits per heavy atom. The van der Waals surface area contributed by atoms with E-state index in [1.54, 1.807) is 4.57 Å². The van der Waals surface area contributed by atoms with Crippen LogP contribution in [0.5, 0.6) is 0 Å². The van der Waals surface area contributed by atoms with Gasteiger partial charge in [0.25, 0.3) is 5.56 Å². The van der Waals surface area contributed by atoms with Gasteiger partial charge in [0.15, 0.2) is 16.3 Å². The summed E-state index contributed by atoms with van der Waals surface area (Å²) in [6.45, 7) is 6.38. The van der Waals surface area contributed by atoms with Gasteiger partial charge in [-0.25, -0.2) is 15.0 Å². The molecule has 0 saturated heterocycles. The summed E-state index contributed by atoms with van der Waals surface area (Å²) in [7, 11) is 0. The topological polar surface area (TPSA) is 89.8 Å². The van der Waals surface area contributed by atoms with Gasteiger partial charge >= 0.3 is 0 Å². The number of rotatable bonds is 6. The second-order valence-corrected chi connectivity index (χ2v) is 8.58. The lowest BCUT2D eigenvalue weighted by molar-refractivity contribution is -0.113. The zero-order valence-corrected chi connectivity index (χ0v) is 18.9. The van der Waals surface area contributed by atoms with Crippen LogP contribution in [0.15, 0.2) is 64.8 Å². The molecular weight excluding hydrogens is 422 g/mol. The number of thioether (sulfide) groups is 1. The van der Waals surface area contributed by atoms with Crippen LogP contribution in [0.3, 0.4) is 0 Å². The molecule has 4 aromatic rings. The van der Waals surface area contributed by atoms with Crippen LogP contribution in [-0.2, 0) is 11.3 Å². The first-order valence-electron chi connectivity index (χ1n) is 10.2. The zero-order valence-electron chi connectivity index (χ0n) is 18.1. The fraction of sp³-hybridized carbons (Fsp3) is 0.208. The Kier molecular flexibility index (Phi) is 6.32. The largest absolute Gasteiger partial charge is 0.325 e. The van der Waals surface area contributed by atoms with E-state index in [0.717, 1.165) is 22.4 Å². The summed E-state index contributed by atoms with van der Waals surface area (Å²) >= 11 is 1.21. The molecule has 0 spiro atoms. The van der Waals surface area contributed by atoms with E-state index in [9.17, 15) is 9.59 Å². The highest BCUT2D eigenvalue weighted by molar-refractivity contribution is 7.99. The van der Waals surface area contributed by atoms with Gasteiger partial charge in [0.05, 0.1) is 12.3 Å². The molecule has 0 aliphatic heterocycles.